The number of esters is 1. The van der Waals surface area contributed by atoms with Gasteiger partial charge in [-0.3, -0.25) is 4.79 Å². The van der Waals surface area contributed by atoms with E-state index in [0.29, 0.717) is 5.69 Å². The molecule has 2 rings (SSSR count). The zero-order valence-corrected chi connectivity index (χ0v) is 13.2. The Hall–Kier alpha value is -2.88. The molecule has 0 radical (unpaired) electrons. The molecule has 0 aliphatic carbocycles. The Kier molecular flexibility index (Phi) is 5.69. The van der Waals surface area contributed by atoms with Crippen LogP contribution in [-0.4, -0.2) is 18.0 Å². The first-order chi connectivity index (χ1) is 11.0. The van der Waals surface area contributed by atoms with E-state index >= 15 is 0 Å². The lowest BCUT2D eigenvalue weighted by molar-refractivity contribution is -0.148. The van der Waals surface area contributed by atoms with Crippen LogP contribution in [0.4, 0.5) is 5.69 Å². The molecular weight excluding hydrogens is 290 g/mol. The minimum absolute atomic E-state index is 0.364. The fourth-order valence-corrected chi connectivity index (χ4v) is 1.96. The van der Waals surface area contributed by atoms with Gasteiger partial charge in [0, 0.05) is 11.8 Å². The predicted molar refractivity (Wildman–Crippen MR) is 90.8 cm³/mol. The van der Waals surface area contributed by atoms with Gasteiger partial charge in [-0.05, 0) is 43.2 Å². The van der Waals surface area contributed by atoms with E-state index in [-0.39, 0.29) is 5.91 Å². The topological polar surface area (TPSA) is 55.4 Å². The second-order valence-electron chi connectivity index (χ2n) is 5.18. The number of benzene rings is 2. The molecule has 0 aliphatic rings. The monoisotopic (exact) mass is 309 g/mol. The Morgan fingerprint density at radius 2 is 1.83 bits per heavy atom. The van der Waals surface area contributed by atoms with Crippen molar-refractivity contribution in [2.45, 2.75) is 20.0 Å². The van der Waals surface area contributed by atoms with Crippen LogP contribution in [0.5, 0.6) is 0 Å². The first kappa shape index (κ1) is 16.5. The maximum Gasteiger partial charge on any atom is 0.331 e. The number of anilines is 1. The molecule has 0 fully saturated rings. The van der Waals surface area contributed by atoms with Crippen LogP contribution in [0.1, 0.15) is 18.1 Å². The lowest BCUT2D eigenvalue weighted by Crippen LogP contribution is -2.29. The van der Waals surface area contributed by atoms with Crippen LogP contribution in [0.2, 0.25) is 0 Å². The molecule has 0 unspecified atom stereocenters. The molecule has 2 aromatic rings. The number of carbonyl (C=O) groups excluding carboxylic acids is 2. The summed E-state index contributed by atoms with van der Waals surface area (Å²) >= 11 is 0. The maximum absolute atomic E-state index is 12.0. The molecule has 0 bridgehead atoms. The fraction of sp³-hybridized carbons (Fsp3) is 0.158. The Bertz CT molecular complexity index is 708. The smallest absolute Gasteiger partial charge is 0.331 e. The summed E-state index contributed by atoms with van der Waals surface area (Å²) < 4.78 is 5.10. The van der Waals surface area contributed by atoms with Crippen molar-refractivity contribution in [2.24, 2.45) is 0 Å². The quantitative estimate of drug-likeness (QED) is 0.678. The predicted octanol–water partition coefficient (Wildman–Crippen LogP) is 3.58. The molecule has 0 spiro atoms. The molecule has 2 aromatic carbocycles. The van der Waals surface area contributed by atoms with E-state index in [1.165, 1.54) is 6.08 Å². The largest absolute Gasteiger partial charge is 0.449 e. The van der Waals surface area contributed by atoms with Gasteiger partial charge < -0.3 is 10.1 Å². The summed E-state index contributed by atoms with van der Waals surface area (Å²) in [5.41, 5.74) is 2.61. The van der Waals surface area contributed by atoms with Gasteiger partial charge in [0.05, 0.1) is 0 Å². The van der Waals surface area contributed by atoms with Gasteiger partial charge in [-0.25, -0.2) is 4.79 Å². The fourth-order valence-electron chi connectivity index (χ4n) is 1.96. The number of hydrogen-bond acceptors (Lipinski definition) is 3. The number of carbonyl (C=O) groups is 2. The SMILES string of the molecule is Cc1cccc(NC(=O)[C@@H](C)OC(=O)/C=C/c2ccccc2)c1. The Labute approximate surface area is 135 Å². The van der Waals surface area contributed by atoms with Crippen LogP contribution in [0.3, 0.4) is 0 Å². The molecule has 1 N–H and O–H groups in total. The lowest BCUT2D eigenvalue weighted by atomic mass is 10.2. The van der Waals surface area contributed by atoms with Gasteiger partial charge in [-0.1, -0.05) is 42.5 Å². The average Bonchev–Trinajstić information content (AvgIpc) is 2.54. The molecule has 1 atom stereocenters. The number of hydrogen-bond donors (Lipinski definition) is 1. The Morgan fingerprint density at radius 3 is 2.52 bits per heavy atom. The van der Waals surface area contributed by atoms with E-state index in [2.05, 4.69) is 5.32 Å². The van der Waals surface area contributed by atoms with Gasteiger partial charge in [0.2, 0.25) is 0 Å². The Morgan fingerprint density at radius 1 is 1.09 bits per heavy atom. The highest BCUT2D eigenvalue weighted by molar-refractivity contribution is 5.96. The van der Waals surface area contributed by atoms with E-state index in [0.717, 1.165) is 11.1 Å². The molecule has 118 valence electrons. The summed E-state index contributed by atoms with van der Waals surface area (Å²) in [6, 6.07) is 16.8. The second kappa shape index (κ2) is 7.94. The van der Waals surface area contributed by atoms with Gasteiger partial charge in [0.1, 0.15) is 0 Å². The van der Waals surface area contributed by atoms with Gasteiger partial charge >= 0.3 is 5.97 Å². The zero-order chi connectivity index (χ0) is 16.7. The van der Waals surface area contributed by atoms with Crippen LogP contribution in [0, 0.1) is 6.92 Å². The van der Waals surface area contributed by atoms with Crippen LogP contribution in [0.25, 0.3) is 6.08 Å². The van der Waals surface area contributed by atoms with Crippen molar-refractivity contribution < 1.29 is 14.3 Å². The summed E-state index contributed by atoms with van der Waals surface area (Å²) in [5.74, 6) is -0.919. The Balaban J connectivity index is 1.88. The normalized spacial score (nSPS) is 11.9. The number of aryl methyl sites for hydroxylation is 1. The molecular formula is C19H19NO3. The van der Waals surface area contributed by atoms with Gasteiger partial charge in [-0.2, -0.15) is 0 Å². The molecule has 23 heavy (non-hydrogen) atoms. The molecule has 0 aliphatic heterocycles. The molecule has 1 amide bonds. The molecule has 0 saturated heterocycles. The van der Waals surface area contributed by atoms with Crippen molar-refractivity contribution in [3.8, 4) is 0 Å². The molecule has 4 heteroatoms. The van der Waals surface area contributed by atoms with Gasteiger partial charge in [-0.15, -0.1) is 0 Å². The highest BCUT2D eigenvalue weighted by Gasteiger charge is 2.16. The zero-order valence-electron chi connectivity index (χ0n) is 13.2. The van der Waals surface area contributed by atoms with E-state index < -0.39 is 12.1 Å². The van der Waals surface area contributed by atoms with Crippen LogP contribution >= 0.6 is 0 Å². The van der Waals surface area contributed by atoms with Crippen molar-refractivity contribution in [1.29, 1.82) is 0 Å². The number of ether oxygens (including phenoxy) is 1. The van der Waals surface area contributed by atoms with Crippen molar-refractivity contribution in [2.75, 3.05) is 5.32 Å². The van der Waals surface area contributed by atoms with Crippen LogP contribution in [-0.2, 0) is 14.3 Å². The first-order valence-electron chi connectivity index (χ1n) is 7.36. The second-order valence-corrected chi connectivity index (χ2v) is 5.18. The van der Waals surface area contributed by atoms with E-state index in [1.54, 1.807) is 19.1 Å². The van der Waals surface area contributed by atoms with Crippen molar-refractivity contribution in [3.63, 3.8) is 0 Å². The standard InChI is InChI=1S/C19H19NO3/c1-14-7-6-10-17(13-14)20-19(22)15(2)23-18(21)12-11-16-8-4-3-5-9-16/h3-13,15H,1-2H3,(H,20,22)/b12-11+/t15-/m1/s1. The summed E-state index contributed by atoms with van der Waals surface area (Å²) in [7, 11) is 0. The summed E-state index contributed by atoms with van der Waals surface area (Å²) in [5, 5.41) is 2.72. The third kappa shape index (κ3) is 5.43. The first-order valence-corrected chi connectivity index (χ1v) is 7.36. The lowest BCUT2D eigenvalue weighted by Gasteiger charge is -2.12. The highest BCUT2D eigenvalue weighted by Crippen LogP contribution is 2.10. The van der Waals surface area contributed by atoms with Gasteiger partial charge in [0.25, 0.3) is 5.91 Å². The minimum Gasteiger partial charge on any atom is -0.449 e. The van der Waals surface area contributed by atoms with E-state index in [4.69, 9.17) is 4.74 Å². The molecule has 0 aromatic heterocycles. The molecule has 0 saturated carbocycles. The molecule has 0 heterocycles. The van der Waals surface area contributed by atoms with Crippen molar-refractivity contribution in [1.82, 2.24) is 0 Å². The average molecular weight is 309 g/mol. The van der Waals surface area contributed by atoms with Gasteiger partial charge in [0.15, 0.2) is 6.10 Å². The third-order valence-electron chi connectivity index (χ3n) is 3.16. The number of nitrogens with one attached hydrogen (secondary N) is 1. The number of rotatable bonds is 5. The maximum atomic E-state index is 12.0. The van der Waals surface area contributed by atoms with Crippen LogP contribution < -0.4 is 5.32 Å². The van der Waals surface area contributed by atoms with Crippen LogP contribution in [0.15, 0.2) is 60.7 Å². The number of amides is 1. The highest BCUT2D eigenvalue weighted by atomic mass is 16.5. The summed E-state index contributed by atoms with van der Waals surface area (Å²) in [6.45, 7) is 3.48. The molecule has 4 nitrogen and oxygen atoms in total. The summed E-state index contributed by atoms with van der Waals surface area (Å²) in [6.07, 6.45) is 2.09. The minimum atomic E-state index is -0.872. The van der Waals surface area contributed by atoms with E-state index in [1.807, 2.05) is 55.5 Å². The van der Waals surface area contributed by atoms with E-state index in [9.17, 15) is 9.59 Å². The van der Waals surface area contributed by atoms with Crippen molar-refractivity contribution >= 4 is 23.6 Å². The third-order valence-corrected chi connectivity index (χ3v) is 3.16. The summed E-state index contributed by atoms with van der Waals surface area (Å²) in [4.78, 5) is 23.8. The van der Waals surface area contributed by atoms with Crippen molar-refractivity contribution in [3.05, 3.63) is 71.8 Å².